The molecular formula is C44H36N4O2Pt. The monoisotopic (exact) mass is 847 g/mol. The van der Waals surface area contributed by atoms with Gasteiger partial charge in [0.2, 0.25) is 0 Å². The Bertz CT molecular complexity index is 2490. The average molecular weight is 848 g/mol. The van der Waals surface area contributed by atoms with E-state index < -0.39 is 0 Å². The molecule has 0 saturated heterocycles. The number of nitrogens with zero attached hydrogens (tertiary/aromatic N) is 4. The third-order valence-electron chi connectivity index (χ3n) is 8.97. The summed E-state index contributed by atoms with van der Waals surface area (Å²) in [6.45, 7) is 10.8. The Hall–Kier alpha value is -5.45. The maximum Gasteiger partial charge on any atom is 2.00 e. The predicted molar refractivity (Wildman–Crippen MR) is 200 cm³/mol. The molecule has 8 rings (SSSR count). The number of hydrogen-bond donors (Lipinski definition) is 0. The van der Waals surface area contributed by atoms with Crippen molar-refractivity contribution in [2.24, 2.45) is 0 Å². The van der Waals surface area contributed by atoms with Gasteiger partial charge in [0.15, 0.2) is 0 Å². The predicted octanol–water partition coefficient (Wildman–Crippen LogP) is 11.1. The largest absolute Gasteiger partial charge is 2.00 e. The molecule has 0 unspecified atom stereocenters. The van der Waals surface area contributed by atoms with Gasteiger partial charge in [0.25, 0.3) is 0 Å². The van der Waals surface area contributed by atoms with Crippen molar-refractivity contribution in [2.45, 2.75) is 40.0 Å². The van der Waals surface area contributed by atoms with E-state index >= 15 is 0 Å². The summed E-state index contributed by atoms with van der Waals surface area (Å²) in [5.41, 5.74) is 8.32. The van der Waals surface area contributed by atoms with E-state index in [9.17, 15) is 0 Å². The molecule has 7 heteroatoms. The van der Waals surface area contributed by atoms with Crippen molar-refractivity contribution in [3.63, 3.8) is 0 Å². The molecule has 0 fully saturated rings. The average Bonchev–Trinajstić information content (AvgIpc) is 3.71. The molecule has 6 nitrogen and oxygen atoms in total. The van der Waals surface area contributed by atoms with Crippen molar-refractivity contribution in [1.82, 2.24) is 19.3 Å². The molecule has 3 heterocycles. The Labute approximate surface area is 312 Å². The van der Waals surface area contributed by atoms with Crippen LogP contribution in [-0.2, 0) is 26.5 Å². The third kappa shape index (κ3) is 6.72. The Balaban J connectivity index is 0.00000406. The maximum atomic E-state index is 6.41. The van der Waals surface area contributed by atoms with Crippen LogP contribution in [0.1, 0.15) is 37.5 Å². The van der Waals surface area contributed by atoms with Gasteiger partial charge in [-0.3, -0.25) is 4.68 Å². The minimum atomic E-state index is -0.00953. The van der Waals surface area contributed by atoms with E-state index in [1.807, 2.05) is 77.9 Å². The molecule has 0 radical (unpaired) electrons. The number of fused-ring (bicyclic) bond motifs is 3. The van der Waals surface area contributed by atoms with E-state index in [1.165, 1.54) is 5.56 Å². The van der Waals surface area contributed by atoms with Gasteiger partial charge in [0, 0.05) is 35.0 Å². The molecule has 0 saturated carbocycles. The van der Waals surface area contributed by atoms with Gasteiger partial charge >= 0.3 is 21.1 Å². The Morgan fingerprint density at radius 3 is 2.22 bits per heavy atom. The van der Waals surface area contributed by atoms with E-state index in [4.69, 9.17) is 19.6 Å². The number of para-hydroxylation sites is 2. The van der Waals surface area contributed by atoms with E-state index in [1.54, 1.807) is 0 Å². The first-order valence-electron chi connectivity index (χ1n) is 16.7. The second-order valence-corrected chi connectivity index (χ2v) is 13.6. The van der Waals surface area contributed by atoms with Crippen molar-refractivity contribution in [3.8, 4) is 45.6 Å². The van der Waals surface area contributed by atoms with Crippen LogP contribution in [0, 0.1) is 26.0 Å². The Morgan fingerprint density at radius 1 is 0.686 bits per heavy atom. The quantitative estimate of drug-likeness (QED) is 0.150. The number of rotatable bonds is 7. The number of benzene rings is 5. The van der Waals surface area contributed by atoms with E-state index in [2.05, 4.69) is 106 Å². The van der Waals surface area contributed by atoms with Crippen molar-refractivity contribution in [2.75, 3.05) is 0 Å². The summed E-state index contributed by atoms with van der Waals surface area (Å²) in [6.07, 6.45) is 5.80. The van der Waals surface area contributed by atoms with Gasteiger partial charge in [0.05, 0.1) is 6.20 Å². The number of aryl methyl sites for hydroxylation is 2. The molecule has 3 aromatic heterocycles. The molecule has 0 aliphatic carbocycles. The molecule has 0 N–H and O–H groups in total. The van der Waals surface area contributed by atoms with Crippen molar-refractivity contribution < 1.29 is 30.5 Å². The zero-order chi connectivity index (χ0) is 34.4. The normalized spacial score (nSPS) is 11.5. The minimum absolute atomic E-state index is 0. The van der Waals surface area contributed by atoms with Gasteiger partial charge in [0.1, 0.15) is 17.3 Å². The number of ether oxygens (including phenoxy) is 2. The molecular weight excluding hydrogens is 812 g/mol. The molecule has 0 spiro atoms. The van der Waals surface area contributed by atoms with Crippen molar-refractivity contribution in [3.05, 3.63) is 157 Å². The van der Waals surface area contributed by atoms with Crippen LogP contribution >= 0.6 is 0 Å². The second-order valence-electron chi connectivity index (χ2n) is 13.6. The van der Waals surface area contributed by atoms with Crippen LogP contribution in [0.5, 0.6) is 23.0 Å². The second kappa shape index (κ2) is 13.7. The Kier molecular flexibility index (Phi) is 9.13. The van der Waals surface area contributed by atoms with Crippen LogP contribution in [0.15, 0.2) is 128 Å². The fourth-order valence-corrected chi connectivity index (χ4v) is 6.57. The number of pyridine rings is 1. The van der Waals surface area contributed by atoms with Gasteiger partial charge < -0.3 is 14.0 Å². The zero-order valence-corrected chi connectivity index (χ0v) is 31.3. The van der Waals surface area contributed by atoms with Gasteiger partial charge in [-0.2, -0.15) is 17.2 Å². The summed E-state index contributed by atoms with van der Waals surface area (Å²) in [5.74, 6) is 3.63. The number of hydrogen-bond acceptors (Lipinski definition) is 4. The first kappa shape index (κ1) is 34.0. The summed E-state index contributed by atoms with van der Waals surface area (Å²) >= 11 is 0. The summed E-state index contributed by atoms with van der Waals surface area (Å²) in [7, 11) is 0. The summed E-state index contributed by atoms with van der Waals surface area (Å²) in [4.78, 5) is 4.79. The van der Waals surface area contributed by atoms with E-state index in [0.29, 0.717) is 11.5 Å². The standard InChI is InChI=1S/C44H36N4O2.Pt/c1-29-22-37(49-34-13-7-6-8-14-34)23-30(2)43(29)31-27-46-47(28-31)33-12-11-15-35(25-33)50-36-18-19-39-38-16-9-10-17-40(38)48(41(39)26-36)42-24-32(20-21-45-42)44(3,4)5;/h6-24,27-28H,1-5H3;/q-2;+2. The molecule has 0 aliphatic heterocycles. The van der Waals surface area contributed by atoms with Crippen LogP contribution in [0.4, 0.5) is 0 Å². The first-order valence-corrected chi connectivity index (χ1v) is 16.7. The molecule has 0 amide bonds. The number of aromatic nitrogens is 4. The third-order valence-corrected chi connectivity index (χ3v) is 8.97. The van der Waals surface area contributed by atoms with Gasteiger partial charge in [-0.1, -0.05) is 62.7 Å². The summed E-state index contributed by atoms with van der Waals surface area (Å²) in [6, 6.07) is 43.4. The molecule has 5 aromatic carbocycles. The van der Waals surface area contributed by atoms with Crippen LogP contribution < -0.4 is 9.47 Å². The smallest absolute Gasteiger partial charge is 0.509 e. The van der Waals surface area contributed by atoms with Gasteiger partial charge in [-0.15, -0.1) is 35.7 Å². The van der Waals surface area contributed by atoms with Crippen molar-refractivity contribution >= 4 is 21.8 Å². The topological polar surface area (TPSA) is 54.1 Å². The van der Waals surface area contributed by atoms with Gasteiger partial charge in [-0.05, 0) is 95.1 Å². The van der Waals surface area contributed by atoms with Crippen LogP contribution in [-0.4, -0.2) is 19.3 Å². The van der Waals surface area contributed by atoms with Crippen LogP contribution in [0.3, 0.4) is 0 Å². The SMILES string of the molecule is Cc1cc(Oc2ccccc2)cc(C)c1-c1cnn(-c2[c-]c(Oc3[c-]c4c(cc3)c3ccccc3n4-c3cc(C(C)(C)C)ccn3)ccc2)c1.[Pt+2]. The fraction of sp³-hybridized carbons (Fsp3) is 0.136. The molecule has 51 heavy (non-hydrogen) atoms. The van der Waals surface area contributed by atoms with Crippen molar-refractivity contribution in [1.29, 1.82) is 0 Å². The van der Waals surface area contributed by atoms with Gasteiger partial charge in [-0.25, -0.2) is 4.98 Å². The molecule has 254 valence electrons. The molecule has 0 aliphatic rings. The molecule has 8 aromatic rings. The minimum Gasteiger partial charge on any atom is -0.509 e. The van der Waals surface area contributed by atoms with Crippen LogP contribution in [0.2, 0.25) is 0 Å². The summed E-state index contributed by atoms with van der Waals surface area (Å²) in [5, 5.41) is 6.92. The zero-order valence-electron chi connectivity index (χ0n) is 29.0. The maximum absolute atomic E-state index is 6.41. The molecule has 0 atom stereocenters. The first-order chi connectivity index (χ1) is 24.2. The summed E-state index contributed by atoms with van der Waals surface area (Å²) < 4.78 is 16.5. The Morgan fingerprint density at radius 2 is 1.43 bits per heavy atom. The fourth-order valence-electron chi connectivity index (χ4n) is 6.57. The van der Waals surface area contributed by atoms with E-state index in [0.717, 1.165) is 67.1 Å². The van der Waals surface area contributed by atoms with Crippen LogP contribution in [0.25, 0.3) is 44.4 Å². The molecule has 0 bridgehead atoms. The van der Waals surface area contributed by atoms with E-state index in [-0.39, 0.29) is 26.5 Å².